The third-order valence-corrected chi connectivity index (χ3v) is 6.87. The monoisotopic (exact) mass is 436 g/mol. The standard InChI is InChI=1S/C30H19BNO2/c33-21-15-19(18-12-13-29-26(17-18)24-7-2-4-11-28(24)32(29)34)14-20(16-21)22-8-5-9-25-23-6-1-3-10-27(23)31-30(22)25/h1-17,33-34H. The first-order chi connectivity index (χ1) is 16.7. The lowest BCUT2D eigenvalue weighted by atomic mass is 9.65. The van der Waals surface area contributed by atoms with E-state index in [9.17, 15) is 10.3 Å². The highest BCUT2D eigenvalue weighted by atomic mass is 16.5. The topological polar surface area (TPSA) is 45.4 Å². The first-order valence-corrected chi connectivity index (χ1v) is 11.3. The fraction of sp³-hybridized carbons (Fsp3) is 0. The minimum atomic E-state index is 0.227. The van der Waals surface area contributed by atoms with Gasteiger partial charge in [0.1, 0.15) is 5.75 Å². The van der Waals surface area contributed by atoms with Gasteiger partial charge in [-0.25, -0.2) is 0 Å². The molecular weight excluding hydrogens is 417 g/mol. The molecule has 0 fully saturated rings. The first kappa shape index (κ1) is 19.1. The van der Waals surface area contributed by atoms with Gasteiger partial charge in [-0.15, -0.1) is 0 Å². The Labute approximate surface area is 197 Å². The van der Waals surface area contributed by atoms with Gasteiger partial charge in [-0.2, -0.15) is 4.73 Å². The van der Waals surface area contributed by atoms with E-state index < -0.39 is 0 Å². The third kappa shape index (κ3) is 2.72. The average Bonchev–Trinajstić information content (AvgIpc) is 3.39. The van der Waals surface area contributed by atoms with Crippen LogP contribution in [0.3, 0.4) is 0 Å². The van der Waals surface area contributed by atoms with E-state index in [1.54, 1.807) is 6.07 Å². The summed E-state index contributed by atoms with van der Waals surface area (Å²) in [6, 6.07) is 34.4. The zero-order valence-electron chi connectivity index (χ0n) is 18.2. The van der Waals surface area contributed by atoms with Gasteiger partial charge >= 0.3 is 0 Å². The Morgan fingerprint density at radius 2 is 1.29 bits per heavy atom. The molecule has 0 spiro atoms. The molecule has 2 heterocycles. The van der Waals surface area contributed by atoms with Crippen LogP contribution in [-0.2, 0) is 0 Å². The van der Waals surface area contributed by atoms with Crippen LogP contribution in [0.15, 0.2) is 103 Å². The number of phenolic OH excluding ortho intramolecular Hbond substituents is 1. The number of nitrogens with zero attached hydrogens (tertiary/aromatic N) is 1. The second kappa shape index (κ2) is 7.03. The molecule has 0 saturated carbocycles. The summed E-state index contributed by atoms with van der Waals surface area (Å²) in [5.74, 6) is 0.227. The number of benzene rings is 5. The van der Waals surface area contributed by atoms with Gasteiger partial charge in [-0.1, -0.05) is 77.7 Å². The van der Waals surface area contributed by atoms with Crippen molar-refractivity contribution in [1.29, 1.82) is 0 Å². The minimum Gasteiger partial charge on any atom is -0.508 e. The van der Waals surface area contributed by atoms with Gasteiger partial charge in [-0.05, 0) is 69.8 Å². The molecule has 1 aliphatic rings. The predicted octanol–water partition coefficient (Wildman–Crippen LogP) is 5.71. The van der Waals surface area contributed by atoms with Crippen LogP contribution in [0.25, 0.3) is 55.2 Å². The highest BCUT2D eigenvalue weighted by Crippen LogP contribution is 2.36. The van der Waals surface area contributed by atoms with Crippen molar-refractivity contribution in [1.82, 2.24) is 4.73 Å². The Bertz CT molecular complexity index is 1770. The van der Waals surface area contributed by atoms with Gasteiger partial charge in [0.15, 0.2) is 7.28 Å². The van der Waals surface area contributed by atoms with Crippen molar-refractivity contribution in [3.8, 4) is 39.1 Å². The Morgan fingerprint density at radius 1 is 0.559 bits per heavy atom. The molecule has 34 heavy (non-hydrogen) atoms. The van der Waals surface area contributed by atoms with Crippen molar-refractivity contribution < 1.29 is 10.3 Å². The van der Waals surface area contributed by atoms with E-state index in [1.807, 2.05) is 42.5 Å². The zero-order chi connectivity index (χ0) is 22.8. The maximum Gasteiger partial charge on any atom is 0.193 e. The maximum atomic E-state index is 10.7. The van der Waals surface area contributed by atoms with Gasteiger partial charge < -0.3 is 10.3 Å². The summed E-state index contributed by atoms with van der Waals surface area (Å²) in [7, 11) is 2.23. The first-order valence-electron chi connectivity index (χ1n) is 11.3. The summed E-state index contributed by atoms with van der Waals surface area (Å²) in [5.41, 5.74) is 10.4. The average molecular weight is 436 g/mol. The molecule has 4 heteroatoms. The molecule has 0 saturated heterocycles. The van der Waals surface area contributed by atoms with Crippen molar-refractivity contribution in [2.24, 2.45) is 0 Å². The lowest BCUT2D eigenvalue weighted by molar-refractivity contribution is 0.213. The summed E-state index contributed by atoms with van der Waals surface area (Å²) in [6.45, 7) is 0. The van der Waals surface area contributed by atoms with Crippen molar-refractivity contribution >= 4 is 40.0 Å². The summed E-state index contributed by atoms with van der Waals surface area (Å²) in [4.78, 5) is 0. The summed E-state index contributed by atoms with van der Waals surface area (Å²) in [6.07, 6.45) is 0. The number of aromatic hydroxyl groups is 1. The molecular formula is C30H19BNO2. The van der Waals surface area contributed by atoms with E-state index in [4.69, 9.17) is 0 Å². The van der Waals surface area contributed by atoms with Crippen molar-refractivity contribution in [2.75, 3.05) is 0 Å². The molecule has 0 aliphatic carbocycles. The van der Waals surface area contributed by atoms with E-state index in [2.05, 4.69) is 61.9 Å². The number of hydrogen-bond donors (Lipinski definition) is 2. The summed E-state index contributed by atoms with van der Waals surface area (Å²) < 4.78 is 1.24. The van der Waals surface area contributed by atoms with Gasteiger partial charge in [0, 0.05) is 10.8 Å². The largest absolute Gasteiger partial charge is 0.508 e. The van der Waals surface area contributed by atoms with Gasteiger partial charge in [0.25, 0.3) is 0 Å². The van der Waals surface area contributed by atoms with Crippen molar-refractivity contribution in [2.45, 2.75) is 0 Å². The fourth-order valence-electron chi connectivity index (χ4n) is 5.30. The number of hydrogen-bond acceptors (Lipinski definition) is 2. The molecule has 0 amide bonds. The number of aromatic nitrogens is 1. The van der Waals surface area contributed by atoms with Crippen molar-refractivity contribution in [3.63, 3.8) is 0 Å². The third-order valence-electron chi connectivity index (χ3n) is 6.87. The minimum absolute atomic E-state index is 0.227. The maximum absolute atomic E-state index is 10.7. The quantitative estimate of drug-likeness (QED) is 0.270. The molecule has 6 aromatic rings. The lowest BCUT2D eigenvalue weighted by Crippen LogP contribution is -2.22. The molecule has 0 unspecified atom stereocenters. The summed E-state index contributed by atoms with van der Waals surface area (Å²) in [5, 5.41) is 23.2. The molecule has 7 rings (SSSR count). The summed E-state index contributed by atoms with van der Waals surface area (Å²) >= 11 is 0. The van der Waals surface area contributed by atoms with Gasteiger partial charge in [0.2, 0.25) is 0 Å². The molecule has 159 valence electrons. The van der Waals surface area contributed by atoms with Gasteiger partial charge in [0.05, 0.1) is 11.0 Å². The highest BCUT2D eigenvalue weighted by Gasteiger charge is 2.22. The van der Waals surface area contributed by atoms with Crippen molar-refractivity contribution in [3.05, 3.63) is 103 Å². The van der Waals surface area contributed by atoms with Crippen LogP contribution in [0.1, 0.15) is 0 Å². The molecule has 1 radical (unpaired) electrons. The van der Waals surface area contributed by atoms with Crippen LogP contribution in [0.2, 0.25) is 0 Å². The smallest absolute Gasteiger partial charge is 0.193 e. The zero-order valence-corrected chi connectivity index (χ0v) is 18.2. The van der Waals surface area contributed by atoms with Crippen LogP contribution in [0.5, 0.6) is 5.75 Å². The lowest BCUT2D eigenvalue weighted by Gasteiger charge is -2.12. The molecule has 2 N–H and O–H groups in total. The molecule has 0 atom stereocenters. The Hall–Kier alpha value is -4.44. The fourth-order valence-corrected chi connectivity index (χ4v) is 5.30. The van der Waals surface area contributed by atoms with Crippen LogP contribution >= 0.6 is 0 Å². The molecule has 3 nitrogen and oxygen atoms in total. The molecule has 1 aromatic heterocycles. The second-order valence-corrected chi connectivity index (χ2v) is 8.83. The SMILES string of the molecule is Oc1cc(-c2ccc3c(c2)c2ccccc2n3O)cc(-c2cccc3c2[B]c2ccccc2-3)c1. The molecule has 5 aromatic carbocycles. The Kier molecular flexibility index (Phi) is 3.94. The van der Waals surface area contributed by atoms with E-state index in [1.165, 1.54) is 26.8 Å². The highest BCUT2D eigenvalue weighted by molar-refractivity contribution is 6.74. The van der Waals surface area contributed by atoms with E-state index >= 15 is 0 Å². The second-order valence-electron chi connectivity index (χ2n) is 8.83. The van der Waals surface area contributed by atoms with Gasteiger partial charge in [-0.3, -0.25) is 0 Å². The Morgan fingerprint density at radius 3 is 2.24 bits per heavy atom. The molecule has 1 aliphatic heterocycles. The molecule has 0 bridgehead atoms. The number of para-hydroxylation sites is 1. The van der Waals surface area contributed by atoms with Crippen LogP contribution in [0, 0.1) is 0 Å². The van der Waals surface area contributed by atoms with E-state index in [0.29, 0.717) is 0 Å². The number of rotatable bonds is 2. The van der Waals surface area contributed by atoms with E-state index in [-0.39, 0.29) is 5.75 Å². The van der Waals surface area contributed by atoms with E-state index in [0.717, 1.165) is 44.1 Å². The predicted molar refractivity (Wildman–Crippen MR) is 140 cm³/mol. The Balaban J connectivity index is 1.39. The van der Waals surface area contributed by atoms with Crippen LogP contribution < -0.4 is 10.9 Å². The van der Waals surface area contributed by atoms with Crippen LogP contribution in [0.4, 0.5) is 0 Å². The number of phenols is 1. The normalized spacial score (nSPS) is 12.0. The van der Waals surface area contributed by atoms with Crippen LogP contribution in [-0.4, -0.2) is 22.3 Å². The number of fused-ring (bicyclic) bond motifs is 6.